The number of piperazine rings is 1. The van der Waals surface area contributed by atoms with E-state index in [2.05, 4.69) is 4.98 Å². The van der Waals surface area contributed by atoms with Crippen molar-refractivity contribution in [1.29, 1.82) is 0 Å². The Morgan fingerprint density at radius 3 is 2.41 bits per heavy atom. The molecule has 9 heteroatoms. The number of aromatic hydroxyl groups is 1. The van der Waals surface area contributed by atoms with Crippen LogP contribution in [0, 0.1) is 12.8 Å². The van der Waals surface area contributed by atoms with Gasteiger partial charge in [0.05, 0.1) is 11.1 Å². The van der Waals surface area contributed by atoms with Crippen LogP contribution in [0.5, 0.6) is 5.75 Å². The molecule has 0 radical (unpaired) electrons. The van der Waals surface area contributed by atoms with Gasteiger partial charge in [-0.1, -0.05) is 18.2 Å². The molecule has 1 saturated heterocycles. The Kier molecular flexibility index (Phi) is 5.66. The molecule has 1 N–H and O–H groups in total. The summed E-state index contributed by atoms with van der Waals surface area (Å²) in [6, 6.07) is 12.6. The Hall–Kier alpha value is -3.36. The zero-order valence-corrected chi connectivity index (χ0v) is 17.7. The largest absolute Gasteiger partial charge is 0.507 e. The van der Waals surface area contributed by atoms with E-state index >= 15 is 0 Å². The molecule has 4 rings (SSSR count). The second-order valence-corrected chi connectivity index (χ2v) is 7.98. The summed E-state index contributed by atoms with van der Waals surface area (Å²) in [5, 5.41) is 11.1. The first-order valence-corrected chi connectivity index (χ1v) is 10.3. The number of carbonyl (C=O) groups excluding carboxylic acids is 1. The van der Waals surface area contributed by atoms with Crippen molar-refractivity contribution in [2.24, 2.45) is 5.92 Å². The summed E-state index contributed by atoms with van der Waals surface area (Å²) >= 11 is 0. The first-order valence-electron chi connectivity index (χ1n) is 10.3. The summed E-state index contributed by atoms with van der Waals surface area (Å²) in [6.07, 6.45) is -4.55. The van der Waals surface area contributed by atoms with Crippen LogP contribution in [-0.2, 0) is 4.79 Å². The molecule has 1 aromatic heterocycles. The summed E-state index contributed by atoms with van der Waals surface area (Å²) in [5.41, 5.74) is 2.21. The maximum atomic E-state index is 12.9. The molecule has 0 unspecified atom stereocenters. The lowest BCUT2D eigenvalue weighted by Crippen LogP contribution is -2.52. The summed E-state index contributed by atoms with van der Waals surface area (Å²) in [6.45, 7) is 3.87. The van der Waals surface area contributed by atoms with E-state index in [1.165, 1.54) is 4.90 Å². The minimum absolute atomic E-state index is 0.0574. The Bertz CT molecular complexity index is 1160. The number of halogens is 3. The Morgan fingerprint density at radius 1 is 1.06 bits per heavy atom. The third-order valence-electron chi connectivity index (χ3n) is 5.73. The van der Waals surface area contributed by atoms with Gasteiger partial charge in [0.2, 0.25) is 5.91 Å². The topological polar surface area (TPSA) is 69.6 Å². The summed E-state index contributed by atoms with van der Waals surface area (Å²) in [7, 11) is 0. The summed E-state index contributed by atoms with van der Waals surface area (Å²) < 4.78 is 38.8. The molecule has 3 aromatic rings. The highest BCUT2D eigenvalue weighted by molar-refractivity contribution is 5.92. The number of aryl methyl sites for hydroxylation is 1. The fraction of sp³-hybridized carbons (Fsp3) is 0.348. The first-order chi connectivity index (χ1) is 15.1. The number of rotatable bonds is 3. The summed E-state index contributed by atoms with van der Waals surface area (Å²) in [5.74, 6) is -1.88. The normalized spacial score (nSPS) is 15.8. The Labute approximate surface area is 183 Å². The minimum atomic E-state index is -4.55. The highest BCUT2D eigenvalue weighted by atomic mass is 19.4. The van der Waals surface area contributed by atoms with Crippen molar-refractivity contribution < 1.29 is 23.1 Å². The number of hydrogen-bond acceptors (Lipinski definition) is 5. The number of phenols is 1. The number of nitrogens with zero attached hydrogens (tertiary/aromatic N) is 4. The maximum Gasteiger partial charge on any atom is 0.400 e. The van der Waals surface area contributed by atoms with Crippen molar-refractivity contribution in [3.8, 4) is 17.1 Å². The highest BCUT2D eigenvalue weighted by Crippen LogP contribution is 2.33. The molecule has 0 saturated carbocycles. The number of phenolic OH excluding ortho intramolecular Hbond substituents is 1. The van der Waals surface area contributed by atoms with Gasteiger partial charge < -0.3 is 14.9 Å². The van der Waals surface area contributed by atoms with Gasteiger partial charge in [-0.15, -0.1) is 0 Å². The molecule has 1 amide bonds. The number of carbonyl (C=O) groups is 1. The van der Waals surface area contributed by atoms with Gasteiger partial charge in [0, 0.05) is 31.6 Å². The van der Waals surface area contributed by atoms with Gasteiger partial charge in [0.25, 0.3) is 0 Å². The molecular weight excluding hydrogens is 421 g/mol. The van der Waals surface area contributed by atoms with Crippen LogP contribution >= 0.6 is 0 Å². The Morgan fingerprint density at radius 2 is 1.75 bits per heavy atom. The number of alkyl halides is 3. The van der Waals surface area contributed by atoms with Crippen LogP contribution in [0.25, 0.3) is 22.3 Å². The van der Waals surface area contributed by atoms with E-state index in [1.807, 2.05) is 30.0 Å². The second kappa shape index (κ2) is 8.29. The molecule has 1 fully saturated rings. The van der Waals surface area contributed by atoms with Crippen LogP contribution in [0.2, 0.25) is 0 Å². The number of benzene rings is 2. The van der Waals surface area contributed by atoms with Crippen molar-refractivity contribution in [1.82, 2.24) is 14.9 Å². The third kappa shape index (κ3) is 4.19. The van der Waals surface area contributed by atoms with Gasteiger partial charge in [0.1, 0.15) is 17.5 Å². The lowest BCUT2D eigenvalue weighted by atomic mass is 10.1. The van der Waals surface area contributed by atoms with Crippen LogP contribution < -0.4 is 4.90 Å². The van der Waals surface area contributed by atoms with E-state index in [0.717, 1.165) is 17.9 Å². The molecule has 0 aliphatic carbocycles. The number of anilines is 1. The van der Waals surface area contributed by atoms with Crippen molar-refractivity contribution in [3.05, 3.63) is 48.0 Å². The molecule has 2 aromatic carbocycles. The maximum absolute atomic E-state index is 12.9. The number of aromatic nitrogens is 2. The van der Waals surface area contributed by atoms with Crippen LogP contribution in [0.4, 0.5) is 19.0 Å². The number of para-hydroxylation sites is 1. The van der Waals surface area contributed by atoms with Crippen molar-refractivity contribution >= 4 is 22.6 Å². The van der Waals surface area contributed by atoms with Crippen LogP contribution in [0.3, 0.4) is 0 Å². The van der Waals surface area contributed by atoms with Gasteiger partial charge in [-0.05, 0) is 43.7 Å². The monoisotopic (exact) mass is 444 g/mol. The zero-order chi connectivity index (χ0) is 23.0. The Balaban J connectivity index is 1.66. The zero-order valence-electron chi connectivity index (χ0n) is 17.7. The predicted octanol–water partition coefficient (Wildman–Crippen LogP) is 4.16. The van der Waals surface area contributed by atoms with Crippen LogP contribution in [0.15, 0.2) is 42.5 Å². The van der Waals surface area contributed by atoms with E-state index in [-0.39, 0.29) is 18.8 Å². The quantitative estimate of drug-likeness (QED) is 0.657. The van der Waals surface area contributed by atoms with Crippen molar-refractivity contribution in [2.75, 3.05) is 31.1 Å². The molecule has 1 aliphatic heterocycles. The van der Waals surface area contributed by atoms with Gasteiger partial charge in [0.15, 0.2) is 5.82 Å². The van der Waals surface area contributed by atoms with Crippen LogP contribution in [-0.4, -0.2) is 58.2 Å². The van der Waals surface area contributed by atoms with E-state index in [4.69, 9.17) is 4.98 Å². The van der Waals surface area contributed by atoms with Gasteiger partial charge >= 0.3 is 6.18 Å². The predicted molar refractivity (Wildman–Crippen MR) is 115 cm³/mol. The first kappa shape index (κ1) is 21.9. The third-order valence-corrected chi connectivity index (χ3v) is 5.73. The fourth-order valence-corrected chi connectivity index (χ4v) is 3.80. The molecule has 168 valence electrons. The molecule has 0 spiro atoms. The molecule has 32 heavy (non-hydrogen) atoms. The molecule has 2 heterocycles. The number of hydrogen-bond donors (Lipinski definition) is 1. The second-order valence-electron chi connectivity index (χ2n) is 7.98. The molecule has 0 bridgehead atoms. The van der Waals surface area contributed by atoms with E-state index < -0.39 is 18.0 Å². The smallest absolute Gasteiger partial charge is 0.400 e. The summed E-state index contributed by atoms with van der Waals surface area (Å²) in [4.78, 5) is 24.8. The molecular formula is C23H23F3N4O2. The minimum Gasteiger partial charge on any atom is -0.507 e. The number of amides is 1. The number of fused-ring (bicyclic) bond motifs is 1. The van der Waals surface area contributed by atoms with E-state index in [9.17, 15) is 23.1 Å². The van der Waals surface area contributed by atoms with E-state index in [0.29, 0.717) is 35.8 Å². The fourth-order valence-electron chi connectivity index (χ4n) is 3.80. The SMILES string of the molecule is Cc1ccc2c(N3CCN(C(=O)[C@H](C)C(F)(F)F)CC3)nc(-c3ccccc3O)nc2c1. The lowest BCUT2D eigenvalue weighted by Gasteiger charge is -2.37. The average molecular weight is 444 g/mol. The lowest BCUT2D eigenvalue weighted by molar-refractivity contribution is -0.185. The molecule has 1 aliphatic rings. The standard InChI is InChI=1S/C23H23F3N4O2/c1-14-7-8-16-18(13-14)27-20(17-5-3-4-6-19(17)31)28-21(16)29-9-11-30(12-10-29)22(32)15(2)23(24,25)26/h3-8,13,15,31H,9-12H2,1-2H3/t15-/m0/s1. The van der Waals surface area contributed by atoms with E-state index in [1.54, 1.807) is 24.3 Å². The van der Waals surface area contributed by atoms with Gasteiger partial charge in [-0.3, -0.25) is 4.79 Å². The average Bonchev–Trinajstić information content (AvgIpc) is 2.77. The molecule has 6 nitrogen and oxygen atoms in total. The van der Waals surface area contributed by atoms with Gasteiger partial charge in [-0.2, -0.15) is 13.2 Å². The molecule has 1 atom stereocenters. The highest BCUT2D eigenvalue weighted by Gasteiger charge is 2.43. The van der Waals surface area contributed by atoms with Crippen molar-refractivity contribution in [2.45, 2.75) is 20.0 Å². The van der Waals surface area contributed by atoms with Crippen molar-refractivity contribution in [3.63, 3.8) is 0 Å². The van der Waals surface area contributed by atoms with Crippen LogP contribution in [0.1, 0.15) is 12.5 Å². The van der Waals surface area contributed by atoms with Gasteiger partial charge in [-0.25, -0.2) is 9.97 Å².